The van der Waals surface area contributed by atoms with Crippen molar-refractivity contribution in [2.75, 3.05) is 7.11 Å². The fourth-order valence-electron chi connectivity index (χ4n) is 2.19. The number of nitrogens with one attached hydrogen (secondary N) is 2. The van der Waals surface area contributed by atoms with Gasteiger partial charge >= 0.3 is 5.69 Å². The molecule has 0 atom stereocenters. The Kier molecular flexibility index (Phi) is 5.04. The molecule has 0 aliphatic rings. The number of benzene rings is 1. The van der Waals surface area contributed by atoms with Crippen LogP contribution < -0.4 is 15.7 Å². The normalized spacial score (nSPS) is 10.5. The number of rotatable bonds is 6. The van der Waals surface area contributed by atoms with Gasteiger partial charge in [0.1, 0.15) is 5.75 Å². The number of aromatic amines is 1. The van der Waals surface area contributed by atoms with Gasteiger partial charge in [0.2, 0.25) is 5.91 Å². The number of amides is 1. The fraction of sp³-hybridized carbons (Fsp3) is 0.375. The van der Waals surface area contributed by atoms with Crippen LogP contribution in [0.2, 0.25) is 0 Å². The number of ether oxygens (including phenoxy) is 1. The third kappa shape index (κ3) is 3.78. The van der Waals surface area contributed by atoms with Crippen LogP contribution in [0.5, 0.6) is 5.75 Å². The number of H-pyrrole nitrogens is 1. The molecule has 0 spiro atoms. The van der Waals surface area contributed by atoms with Crippen molar-refractivity contribution in [1.29, 1.82) is 0 Å². The van der Waals surface area contributed by atoms with E-state index in [1.165, 1.54) is 0 Å². The summed E-state index contributed by atoms with van der Waals surface area (Å²) >= 11 is 0. The Morgan fingerprint density at radius 3 is 2.50 bits per heavy atom. The van der Waals surface area contributed by atoms with E-state index in [1.54, 1.807) is 11.7 Å². The summed E-state index contributed by atoms with van der Waals surface area (Å²) in [4.78, 5) is 26.3. The molecule has 2 aromatic rings. The van der Waals surface area contributed by atoms with Gasteiger partial charge in [0.05, 0.1) is 7.11 Å². The average Bonchev–Trinajstić information content (AvgIpc) is 2.76. The number of aryl methyl sites for hydroxylation is 1. The minimum absolute atomic E-state index is 0.0824. The summed E-state index contributed by atoms with van der Waals surface area (Å²) in [5.41, 5.74) is 2.54. The number of nitrogens with zero attached hydrogens (tertiary/aromatic N) is 1. The lowest BCUT2D eigenvalue weighted by Gasteiger charge is -2.07. The highest BCUT2D eigenvalue weighted by atomic mass is 16.5. The molecule has 0 aliphatic heterocycles. The molecule has 0 radical (unpaired) electrons. The Morgan fingerprint density at radius 1 is 1.27 bits per heavy atom. The lowest BCUT2D eigenvalue weighted by Crippen LogP contribution is -2.26. The molecule has 1 amide bonds. The largest absolute Gasteiger partial charge is 0.497 e. The van der Waals surface area contributed by atoms with Gasteiger partial charge in [0.25, 0.3) is 0 Å². The number of imidazole rings is 1. The number of aromatic nitrogens is 2. The Morgan fingerprint density at radius 2 is 1.95 bits per heavy atom. The topological polar surface area (TPSA) is 76.1 Å². The molecule has 6 heteroatoms. The number of carbonyl (C=O) groups is 1. The van der Waals surface area contributed by atoms with Crippen molar-refractivity contribution in [1.82, 2.24) is 14.9 Å². The molecule has 22 heavy (non-hydrogen) atoms. The Labute approximate surface area is 129 Å². The average molecular weight is 303 g/mol. The highest BCUT2D eigenvalue weighted by Gasteiger charge is 2.08. The van der Waals surface area contributed by atoms with Gasteiger partial charge in [0, 0.05) is 30.9 Å². The summed E-state index contributed by atoms with van der Waals surface area (Å²) in [6, 6.07) is 7.52. The Bertz CT molecular complexity index is 698. The van der Waals surface area contributed by atoms with Crippen LogP contribution in [0.25, 0.3) is 0 Å². The lowest BCUT2D eigenvalue weighted by atomic mass is 10.2. The molecule has 118 valence electrons. The first kappa shape index (κ1) is 15.9. The van der Waals surface area contributed by atoms with E-state index in [0.717, 1.165) is 22.7 Å². The van der Waals surface area contributed by atoms with Crippen LogP contribution in [-0.2, 0) is 17.9 Å². The Balaban J connectivity index is 1.84. The van der Waals surface area contributed by atoms with Crippen molar-refractivity contribution in [3.8, 4) is 5.75 Å². The van der Waals surface area contributed by atoms with Gasteiger partial charge in [-0.25, -0.2) is 4.79 Å². The quantitative estimate of drug-likeness (QED) is 0.849. The number of hydrogen-bond acceptors (Lipinski definition) is 3. The third-order valence-corrected chi connectivity index (χ3v) is 3.70. The van der Waals surface area contributed by atoms with Crippen molar-refractivity contribution in [3.63, 3.8) is 0 Å². The van der Waals surface area contributed by atoms with Gasteiger partial charge in [-0.15, -0.1) is 0 Å². The van der Waals surface area contributed by atoms with Crippen LogP contribution in [0.4, 0.5) is 0 Å². The smallest absolute Gasteiger partial charge is 0.325 e. The molecule has 1 aromatic heterocycles. The van der Waals surface area contributed by atoms with Crippen LogP contribution in [0, 0.1) is 13.8 Å². The zero-order valence-electron chi connectivity index (χ0n) is 13.1. The van der Waals surface area contributed by atoms with E-state index < -0.39 is 0 Å². The van der Waals surface area contributed by atoms with Gasteiger partial charge in [-0.3, -0.25) is 9.36 Å². The van der Waals surface area contributed by atoms with E-state index in [0.29, 0.717) is 13.1 Å². The maximum absolute atomic E-state index is 11.9. The van der Waals surface area contributed by atoms with Crippen molar-refractivity contribution >= 4 is 5.91 Å². The SMILES string of the molecule is COc1ccc(CNC(=O)CCn2c(C)c(C)[nH]c2=O)cc1. The van der Waals surface area contributed by atoms with Gasteiger partial charge in [0.15, 0.2) is 0 Å². The van der Waals surface area contributed by atoms with E-state index in [-0.39, 0.29) is 18.0 Å². The molecular weight excluding hydrogens is 282 g/mol. The second-order valence-corrected chi connectivity index (χ2v) is 5.17. The molecule has 0 fully saturated rings. The molecule has 0 saturated heterocycles. The van der Waals surface area contributed by atoms with Crippen LogP contribution in [0.3, 0.4) is 0 Å². The molecule has 0 unspecified atom stereocenters. The maximum Gasteiger partial charge on any atom is 0.325 e. The van der Waals surface area contributed by atoms with E-state index in [2.05, 4.69) is 10.3 Å². The van der Waals surface area contributed by atoms with Crippen LogP contribution in [0.1, 0.15) is 23.4 Å². The molecule has 0 saturated carbocycles. The number of methoxy groups -OCH3 is 1. The monoisotopic (exact) mass is 303 g/mol. The Hall–Kier alpha value is -2.50. The van der Waals surface area contributed by atoms with Crippen LogP contribution in [0.15, 0.2) is 29.1 Å². The maximum atomic E-state index is 11.9. The minimum atomic E-state index is -0.169. The van der Waals surface area contributed by atoms with Crippen molar-refractivity contribution in [2.45, 2.75) is 33.4 Å². The molecule has 1 heterocycles. The van der Waals surface area contributed by atoms with Gasteiger partial charge in [-0.1, -0.05) is 12.1 Å². The van der Waals surface area contributed by atoms with Crippen molar-refractivity contribution < 1.29 is 9.53 Å². The summed E-state index contributed by atoms with van der Waals surface area (Å²) in [6.07, 6.45) is 0.272. The summed E-state index contributed by atoms with van der Waals surface area (Å²) in [5.74, 6) is 0.703. The number of carbonyl (C=O) groups excluding carboxylic acids is 1. The molecule has 2 N–H and O–H groups in total. The summed E-state index contributed by atoms with van der Waals surface area (Å²) < 4.78 is 6.67. The second-order valence-electron chi connectivity index (χ2n) is 5.17. The summed E-state index contributed by atoms with van der Waals surface area (Å²) in [7, 11) is 1.61. The lowest BCUT2D eigenvalue weighted by molar-refractivity contribution is -0.121. The number of hydrogen-bond donors (Lipinski definition) is 2. The zero-order valence-corrected chi connectivity index (χ0v) is 13.1. The second kappa shape index (κ2) is 6.98. The first-order valence-electron chi connectivity index (χ1n) is 7.17. The molecule has 0 bridgehead atoms. The van der Waals surface area contributed by atoms with E-state index in [9.17, 15) is 9.59 Å². The molecule has 2 rings (SSSR count). The minimum Gasteiger partial charge on any atom is -0.497 e. The summed E-state index contributed by atoms with van der Waals surface area (Å²) in [5, 5.41) is 2.85. The molecular formula is C16H21N3O3. The van der Waals surface area contributed by atoms with Crippen molar-refractivity contribution in [3.05, 3.63) is 51.7 Å². The summed E-state index contributed by atoms with van der Waals surface area (Å²) in [6.45, 7) is 4.55. The van der Waals surface area contributed by atoms with Crippen LogP contribution in [-0.4, -0.2) is 22.6 Å². The van der Waals surface area contributed by atoms with E-state index in [1.807, 2.05) is 38.1 Å². The first-order chi connectivity index (χ1) is 10.5. The molecule has 6 nitrogen and oxygen atoms in total. The van der Waals surface area contributed by atoms with Crippen molar-refractivity contribution in [2.24, 2.45) is 0 Å². The highest BCUT2D eigenvalue weighted by Crippen LogP contribution is 2.11. The first-order valence-corrected chi connectivity index (χ1v) is 7.17. The van der Waals surface area contributed by atoms with E-state index >= 15 is 0 Å². The van der Waals surface area contributed by atoms with Gasteiger partial charge < -0.3 is 15.0 Å². The standard InChI is InChI=1S/C16H21N3O3/c1-11-12(2)19(16(21)18-11)9-8-15(20)17-10-13-4-6-14(22-3)7-5-13/h4-7H,8-10H2,1-3H3,(H,17,20)(H,18,21). The van der Waals surface area contributed by atoms with Gasteiger partial charge in [-0.05, 0) is 31.5 Å². The zero-order chi connectivity index (χ0) is 16.1. The predicted octanol–water partition coefficient (Wildman–Crippen LogP) is 1.51. The van der Waals surface area contributed by atoms with Crippen LogP contribution >= 0.6 is 0 Å². The fourth-order valence-corrected chi connectivity index (χ4v) is 2.19. The third-order valence-electron chi connectivity index (χ3n) is 3.70. The molecule has 1 aromatic carbocycles. The van der Waals surface area contributed by atoms with E-state index in [4.69, 9.17) is 4.74 Å². The predicted molar refractivity (Wildman–Crippen MR) is 84.0 cm³/mol. The highest BCUT2D eigenvalue weighted by molar-refractivity contribution is 5.75. The van der Waals surface area contributed by atoms with Gasteiger partial charge in [-0.2, -0.15) is 0 Å². The molecule has 0 aliphatic carbocycles.